The Morgan fingerprint density at radius 3 is 2.68 bits per heavy atom. The molecular formula is C27H43ClN4O5. The molecule has 1 aliphatic carbocycles. The van der Waals surface area contributed by atoms with Crippen LogP contribution in [0, 0.1) is 11.8 Å². The van der Waals surface area contributed by atoms with Gasteiger partial charge in [-0.15, -0.1) is 0 Å². The summed E-state index contributed by atoms with van der Waals surface area (Å²) >= 11 is 6.25. The number of rotatable bonds is 12. The maximum atomic E-state index is 13.4. The fourth-order valence-corrected chi connectivity index (χ4v) is 5.87. The van der Waals surface area contributed by atoms with Gasteiger partial charge in [0.1, 0.15) is 0 Å². The molecule has 2 fully saturated rings. The number of urea groups is 1. The van der Waals surface area contributed by atoms with Crippen LogP contribution in [0.5, 0.6) is 0 Å². The molecule has 1 heterocycles. The monoisotopic (exact) mass is 538 g/mol. The van der Waals surface area contributed by atoms with Gasteiger partial charge in [0.05, 0.1) is 24.9 Å². The highest BCUT2D eigenvalue weighted by atomic mass is 35.5. The number of amides is 3. The fourth-order valence-electron chi connectivity index (χ4n) is 5.67. The van der Waals surface area contributed by atoms with Gasteiger partial charge in [-0.1, -0.05) is 55.8 Å². The average molecular weight is 539 g/mol. The molecule has 3 amide bonds. The van der Waals surface area contributed by atoms with Crippen LogP contribution < -0.4 is 16.0 Å². The molecule has 0 bridgehead atoms. The third kappa shape index (κ3) is 9.63. The van der Waals surface area contributed by atoms with Gasteiger partial charge in [-0.25, -0.2) is 9.59 Å². The molecule has 37 heavy (non-hydrogen) atoms. The van der Waals surface area contributed by atoms with Crippen molar-refractivity contribution in [1.29, 1.82) is 0 Å². The molecule has 4 atom stereocenters. The number of carbonyl (C=O) groups excluding carboxylic acids is 1. The van der Waals surface area contributed by atoms with Gasteiger partial charge in [0.15, 0.2) is 0 Å². The van der Waals surface area contributed by atoms with E-state index in [1.807, 2.05) is 23.1 Å². The van der Waals surface area contributed by atoms with Gasteiger partial charge in [-0.2, -0.15) is 0 Å². The lowest BCUT2D eigenvalue weighted by molar-refractivity contribution is -0.00891. The van der Waals surface area contributed by atoms with Crippen LogP contribution in [0.4, 0.5) is 9.59 Å². The van der Waals surface area contributed by atoms with Crippen LogP contribution in [0.2, 0.25) is 5.02 Å². The zero-order chi connectivity index (χ0) is 26.6. The van der Waals surface area contributed by atoms with Gasteiger partial charge < -0.3 is 35.8 Å². The number of likely N-dealkylation sites (tertiary alicyclic amines) is 1. The van der Waals surface area contributed by atoms with E-state index in [4.69, 9.17) is 21.4 Å². The predicted molar refractivity (Wildman–Crippen MR) is 144 cm³/mol. The SMILES string of the molecule is CNC[C@@H](O)[C@H](CC1CCCCC1)NC(=O)N1CCC[C@@H]([C@@H](OCCNC(=O)O)c2cccc(Cl)c2)C1. The summed E-state index contributed by atoms with van der Waals surface area (Å²) in [4.78, 5) is 26.0. The number of aliphatic hydroxyl groups excluding tert-OH is 1. The summed E-state index contributed by atoms with van der Waals surface area (Å²) in [7, 11) is 1.81. The second-order valence-electron chi connectivity index (χ2n) is 10.3. The number of nitrogens with zero attached hydrogens (tertiary/aromatic N) is 1. The first-order valence-electron chi connectivity index (χ1n) is 13.6. The molecule has 1 saturated carbocycles. The minimum absolute atomic E-state index is 0.0295. The van der Waals surface area contributed by atoms with Crippen LogP contribution >= 0.6 is 11.6 Å². The number of halogens is 1. The van der Waals surface area contributed by atoms with Crippen LogP contribution in [0.1, 0.15) is 63.0 Å². The van der Waals surface area contributed by atoms with Crippen molar-refractivity contribution in [2.24, 2.45) is 11.8 Å². The highest BCUT2D eigenvalue weighted by molar-refractivity contribution is 6.30. The van der Waals surface area contributed by atoms with Crippen molar-refractivity contribution in [2.45, 2.75) is 69.6 Å². The number of benzene rings is 1. The molecule has 5 N–H and O–H groups in total. The Labute approximate surface area is 225 Å². The van der Waals surface area contributed by atoms with Gasteiger partial charge in [-0.05, 0) is 49.9 Å². The quantitative estimate of drug-likeness (QED) is 0.256. The highest BCUT2D eigenvalue weighted by Gasteiger charge is 2.33. The molecular weight excluding hydrogens is 496 g/mol. The van der Waals surface area contributed by atoms with E-state index >= 15 is 0 Å². The van der Waals surface area contributed by atoms with Gasteiger partial charge in [0.25, 0.3) is 0 Å². The minimum Gasteiger partial charge on any atom is -0.465 e. The van der Waals surface area contributed by atoms with Crippen molar-refractivity contribution in [3.05, 3.63) is 34.9 Å². The summed E-state index contributed by atoms with van der Waals surface area (Å²) in [6.07, 6.45) is 6.44. The minimum atomic E-state index is -1.09. The summed E-state index contributed by atoms with van der Waals surface area (Å²) in [6.45, 7) is 1.97. The number of carboxylic acid groups (broad SMARTS) is 1. The second-order valence-corrected chi connectivity index (χ2v) is 10.8. The van der Waals surface area contributed by atoms with E-state index in [1.165, 1.54) is 19.3 Å². The van der Waals surface area contributed by atoms with E-state index in [2.05, 4.69) is 16.0 Å². The highest BCUT2D eigenvalue weighted by Crippen LogP contribution is 2.34. The first-order chi connectivity index (χ1) is 17.9. The Balaban J connectivity index is 1.66. The number of hydrogen-bond acceptors (Lipinski definition) is 5. The van der Waals surface area contributed by atoms with E-state index in [1.54, 1.807) is 13.1 Å². The maximum Gasteiger partial charge on any atom is 0.404 e. The van der Waals surface area contributed by atoms with Crippen LogP contribution in [0.15, 0.2) is 24.3 Å². The van der Waals surface area contributed by atoms with Gasteiger partial charge in [-0.3, -0.25) is 0 Å². The predicted octanol–water partition coefficient (Wildman–Crippen LogP) is 4.01. The Morgan fingerprint density at radius 2 is 1.97 bits per heavy atom. The Morgan fingerprint density at radius 1 is 1.19 bits per heavy atom. The molecule has 9 nitrogen and oxygen atoms in total. The van der Waals surface area contributed by atoms with E-state index in [0.29, 0.717) is 30.6 Å². The Hall–Kier alpha value is -2.07. The fraction of sp³-hybridized carbons (Fsp3) is 0.704. The number of ether oxygens (including phenoxy) is 1. The van der Waals surface area contributed by atoms with E-state index in [0.717, 1.165) is 37.7 Å². The van der Waals surface area contributed by atoms with Crippen molar-refractivity contribution in [2.75, 3.05) is 39.8 Å². The number of carbonyl (C=O) groups is 2. The summed E-state index contributed by atoms with van der Waals surface area (Å²) in [5, 5.41) is 28.8. The zero-order valence-electron chi connectivity index (χ0n) is 21.8. The number of likely N-dealkylation sites (N-methyl/N-ethyl adjacent to an activating group) is 1. The molecule has 0 aromatic heterocycles. The molecule has 0 radical (unpaired) electrons. The van der Waals surface area contributed by atoms with Crippen LogP contribution in [-0.2, 0) is 4.74 Å². The molecule has 3 rings (SSSR count). The molecule has 2 aliphatic rings. The first-order valence-corrected chi connectivity index (χ1v) is 14.0. The lowest BCUT2D eigenvalue weighted by Gasteiger charge is -2.38. The van der Waals surface area contributed by atoms with Gasteiger partial charge in [0.2, 0.25) is 0 Å². The molecule has 1 aromatic rings. The topological polar surface area (TPSA) is 123 Å². The van der Waals surface area contributed by atoms with Crippen molar-refractivity contribution in [3.63, 3.8) is 0 Å². The second kappa shape index (κ2) is 15.4. The van der Waals surface area contributed by atoms with Gasteiger partial charge >= 0.3 is 12.1 Å². The summed E-state index contributed by atoms with van der Waals surface area (Å²) in [5.41, 5.74) is 0.912. The average Bonchev–Trinajstić information content (AvgIpc) is 2.89. The standard InChI is InChI=1S/C27H43ClN4O5/c1-29-17-24(33)23(15-19-7-3-2-4-8-19)31-26(34)32-13-6-10-21(18-32)25(37-14-12-30-27(35)36)20-9-5-11-22(28)16-20/h5,9,11,16,19,21,23-25,29-30,33H,2-4,6-8,10,12-15,17-18H2,1H3,(H,31,34)(H,35,36)/t21-,23+,24-,25+/m1/s1. The molecule has 0 unspecified atom stereocenters. The molecule has 1 aromatic carbocycles. The van der Waals surface area contributed by atoms with Crippen molar-refractivity contribution in [1.82, 2.24) is 20.9 Å². The summed E-state index contributed by atoms with van der Waals surface area (Å²) in [6, 6.07) is 7.04. The van der Waals surface area contributed by atoms with Crippen LogP contribution in [-0.4, -0.2) is 79.2 Å². The first kappa shape index (κ1) is 29.5. The van der Waals surface area contributed by atoms with Crippen molar-refractivity contribution >= 4 is 23.7 Å². The molecule has 1 saturated heterocycles. The molecule has 1 aliphatic heterocycles. The molecule has 208 valence electrons. The Kier molecular flexibility index (Phi) is 12.2. The van der Waals surface area contributed by atoms with Crippen molar-refractivity contribution < 1.29 is 24.5 Å². The summed E-state index contributed by atoms with van der Waals surface area (Å²) in [5.74, 6) is 0.557. The largest absolute Gasteiger partial charge is 0.465 e. The lowest BCUT2D eigenvalue weighted by atomic mass is 9.83. The van der Waals surface area contributed by atoms with E-state index in [-0.39, 0.29) is 37.2 Å². The third-order valence-electron chi connectivity index (χ3n) is 7.52. The van der Waals surface area contributed by atoms with E-state index in [9.17, 15) is 14.7 Å². The normalized spacial score (nSPS) is 21.2. The van der Waals surface area contributed by atoms with E-state index < -0.39 is 12.2 Å². The molecule has 10 heteroatoms. The number of nitrogens with one attached hydrogen (secondary N) is 3. The number of piperidine rings is 1. The van der Waals surface area contributed by atoms with Crippen molar-refractivity contribution in [3.8, 4) is 0 Å². The maximum absolute atomic E-state index is 13.4. The summed E-state index contributed by atoms with van der Waals surface area (Å²) < 4.78 is 6.16. The third-order valence-corrected chi connectivity index (χ3v) is 7.76. The number of aliphatic hydroxyl groups is 1. The molecule has 0 spiro atoms. The lowest BCUT2D eigenvalue weighted by Crippen LogP contribution is -2.54. The Bertz CT molecular complexity index is 854. The van der Waals surface area contributed by atoms with Crippen LogP contribution in [0.25, 0.3) is 0 Å². The number of hydrogen-bond donors (Lipinski definition) is 5. The van der Waals surface area contributed by atoms with Crippen LogP contribution in [0.3, 0.4) is 0 Å². The van der Waals surface area contributed by atoms with Gasteiger partial charge in [0, 0.05) is 37.1 Å². The smallest absolute Gasteiger partial charge is 0.404 e. The zero-order valence-corrected chi connectivity index (χ0v) is 22.6.